The Kier molecular flexibility index (Phi) is 3.34. The first kappa shape index (κ1) is 12.2. The van der Waals surface area contributed by atoms with E-state index in [2.05, 4.69) is 43.4 Å². The van der Waals surface area contributed by atoms with Crippen LogP contribution in [0.1, 0.15) is 22.3 Å². The van der Waals surface area contributed by atoms with Crippen molar-refractivity contribution in [2.45, 2.75) is 20.8 Å². The maximum Gasteiger partial charge on any atom is 0.101 e. The number of nitrogens with zero attached hydrogens (tertiary/aromatic N) is 1. The molecule has 0 fully saturated rings. The molecule has 90 valence electrons. The second-order valence-corrected chi connectivity index (χ2v) is 4.60. The number of nitrogens with one attached hydrogen (secondary N) is 1. The Labute approximate surface area is 108 Å². The van der Waals surface area contributed by atoms with E-state index in [4.69, 9.17) is 5.26 Å². The topological polar surface area (TPSA) is 35.8 Å². The quantitative estimate of drug-likeness (QED) is 0.847. The molecule has 0 amide bonds. The molecule has 0 radical (unpaired) electrons. The second kappa shape index (κ2) is 4.93. The Bertz CT molecular complexity index is 621. The minimum absolute atomic E-state index is 0.668. The van der Waals surface area contributed by atoms with Gasteiger partial charge in [0.1, 0.15) is 6.07 Å². The molecule has 2 rings (SSSR count). The van der Waals surface area contributed by atoms with Gasteiger partial charge in [-0.3, -0.25) is 0 Å². The molecule has 1 N–H and O–H groups in total. The van der Waals surface area contributed by atoms with E-state index < -0.39 is 0 Å². The van der Waals surface area contributed by atoms with Crippen LogP contribution in [0.3, 0.4) is 0 Å². The fourth-order valence-corrected chi connectivity index (χ4v) is 1.87. The highest BCUT2D eigenvalue weighted by molar-refractivity contribution is 5.69. The van der Waals surface area contributed by atoms with Crippen molar-refractivity contribution < 1.29 is 0 Å². The molecule has 0 bridgehead atoms. The molecule has 18 heavy (non-hydrogen) atoms. The first-order chi connectivity index (χ1) is 8.60. The number of anilines is 2. The van der Waals surface area contributed by atoms with Crippen molar-refractivity contribution in [2.24, 2.45) is 0 Å². The minimum atomic E-state index is 0.668. The number of aryl methyl sites for hydroxylation is 3. The summed E-state index contributed by atoms with van der Waals surface area (Å²) in [7, 11) is 0. The van der Waals surface area contributed by atoms with Gasteiger partial charge in [0.2, 0.25) is 0 Å². The summed E-state index contributed by atoms with van der Waals surface area (Å²) in [5.74, 6) is 0. The fourth-order valence-electron chi connectivity index (χ4n) is 1.87. The molecule has 0 saturated carbocycles. The molecular weight excluding hydrogens is 220 g/mol. The summed E-state index contributed by atoms with van der Waals surface area (Å²) in [6.45, 7) is 6.14. The summed E-state index contributed by atoms with van der Waals surface area (Å²) in [4.78, 5) is 0. The third-order valence-corrected chi connectivity index (χ3v) is 2.96. The molecule has 0 aliphatic rings. The minimum Gasteiger partial charge on any atom is -0.354 e. The van der Waals surface area contributed by atoms with Gasteiger partial charge in [0.05, 0.1) is 11.3 Å². The van der Waals surface area contributed by atoms with Crippen LogP contribution >= 0.6 is 0 Å². The van der Waals surface area contributed by atoms with Gasteiger partial charge in [-0.05, 0) is 55.7 Å². The molecule has 0 atom stereocenters. The Hall–Kier alpha value is -2.27. The lowest BCUT2D eigenvalue weighted by atomic mass is 10.1. The van der Waals surface area contributed by atoms with Crippen molar-refractivity contribution in [3.8, 4) is 6.07 Å². The molecule has 0 saturated heterocycles. The van der Waals surface area contributed by atoms with Crippen LogP contribution in [-0.4, -0.2) is 0 Å². The molecule has 2 aromatic rings. The van der Waals surface area contributed by atoms with E-state index in [1.54, 1.807) is 0 Å². The van der Waals surface area contributed by atoms with Crippen molar-refractivity contribution in [3.05, 3.63) is 58.7 Å². The average molecular weight is 236 g/mol. The van der Waals surface area contributed by atoms with Crippen LogP contribution in [0.15, 0.2) is 36.4 Å². The van der Waals surface area contributed by atoms with Crippen molar-refractivity contribution in [2.75, 3.05) is 5.32 Å². The predicted octanol–water partition coefficient (Wildman–Crippen LogP) is 4.23. The highest BCUT2D eigenvalue weighted by Crippen LogP contribution is 2.25. The third-order valence-electron chi connectivity index (χ3n) is 2.96. The summed E-state index contributed by atoms with van der Waals surface area (Å²) in [5.41, 5.74) is 6.10. The van der Waals surface area contributed by atoms with E-state index in [0.717, 1.165) is 16.9 Å². The van der Waals surface area contributed by atoms with Crippen molar-refractivity contribution in [3.63, 3.8) is 0 Å². The molecule has 2 nitrogen and oxygen atoms in total. The Balaban J connectivity index is 2.43. The van der Waals surface area contributed by atoms with Crippen LogP contribution in [0.5, 0.6) is 0 Å². The zero-order chi connectivity index (χ0) is 13.1. The molecular formula is C16H16N2. The predicted molar refractivity (Wildman–Crippen MR) is 75.1 cm³/mol. The van der Waals surface area contributed by atoms with Gasteiger partial charge in [0, 0.05) is 5.69 Å². The highest BCUT2D eigenvalue weighted by atomic mass is 14.9. The van der Waals surface area contributed by atoms with E-state index >= 15 is 0 Å². The lowest BCUT2D eigenvalue weighted by Gasteiger charge is -2.12. The summed E-state index contributed by atoms with van der Waals surface area (Å²) in [6.07, 6.45) is 0. The summed E-state index contributed by atoms with van der Waals surface area (Å²) in [6, 6.07) is 14.3. The summed E-state index contributed by atoms with van der Waals surface area (Å²) in [5, 5.41) is 12.5. The van der Waals surface area contributed by atoms with E-state index in [0.29, 0.717) is 5.56 Å². The van der Waals surface area contributed by atoms with Gasteiger partial charge >= 0.3 is 0 Å². The van der Waals surface area contributed by atoms with Crippen LogP contribution in [0.4, 0.5) is 11.4 Å². The van der Waals surface area contributed by atoms with Gasteiger partial charge in [-0.15, -0.1) is 0 Å². The molecule has 0 heterocycles. The Morgan fingerprint density at radius 3 is 2.17 bits per heavy atom. The van der Waals surface area contributed by atoms with E-state index in [1.807, 2.05) is 25.1 Å². The molecule has 2 aromatic carbocycles. The van der Waals surface area contributed by atoms with Gasteiger partial charge in [-0.25, -0.2) is 0 Å². The van der Waals surface area contributed by atoms with Crippen LogP contribution in [-0.2, 0) is 0 Å². The van der Waals surface area contributed by atoms with Gasteiger partial charge in [0.15, 0.2) is 0 Å². The van der Waals surface area contributed by atoms with Crippen molar-refractivity contribution in [1.82, 2.24) is 0 Å². The van der Waals surface area contributed by atoms with Crippen LogP contribution in [0, 0.1) is 32.1 Å². The number of nitriles is 1. The maximum absolute atomic E-state index is 9.12. The summed E-state index contributed by atoms with van der Waals surface area (Å²) < 4.78 is 0. The molecule has 0 aromatic heterocycles. The average Bonchev–Trinajstić information content (AvgIpc) is 2.34. The SMILES string of the molecule is Cc1ccc(C)c(Nc2cc(C)ccc2C#N)c1. The molecule has 0 aliphatic heterocycles. The lowest BCUT2D eigenvalue weighted by molar-refractivity contribution is 1.36. The summed E-state index contributed by atoms with van der Waals surface area (Å²) >= 11 is 0. The lowest BCUT2D eigenvalue weighted by Crippen LogP contribution is -1.97. The highest BCUT2D eigenvalue weighted by Gasteiger charge is 2.04. The van der Waals surface area contributed by atoms with Crippen LogP contribution in [0.25, 0.3) is 0 Å². The van der Waals surface area contributed by atoms with Gasteiger partial charge < -0.3 is 5.32 Å². The Morgan fingerprint density at radius 2 is 1.50 bits per heavy atom. The zero-order valence-corrected chi connectivity index (χ0v) is 10.9. The first-order valence-electron chi connectivity index (χ1n) is 5.95. The second-order valence-electron chi connectivity index (χ2n) is 4.60. The van der Waals surface area contributed by atoms with Gasteiger partial charge in [0.25, 0.3) is 0 Å². The van der Waals surface area contributed by atoms with Crippen LogP contribution in [0.2, 0.25) is 0 Å². The number of benzene rings is 2. The van der Waals surface area contributed by atoms with Gasteiger partial charge in [-0.1, -0.05) is 18.2 Å². The monoisotopic (exact) mass is 236 g/mol. The largest absolute Gasteiger partial charge is 0.354 e. The standard InChI is InChI=1S/C16H16N2/c1-11-4-6-13(3)15(8-11)18-16-9-12(2)5-7-14(16)10-17/h4-9,18H,1-3H3. The molecule has 0 aliphatic carbocycles. The zero-order valence-electron chi connectivity index (χ0n) is 10.9. The molecule has 0 spiro atoms. The van der Waals surface area contributed by atoms with Crippen molar-refractivity contribution in [1.29, 1.82) is 5.26 Å². The van der Waals surface area contributed by atoms with E-state index in [1.165, 1.54) is 11.1 Å². The van der Waals surface area contributed by atoms with Gasteiger partial charge in [-0.2, -0.15) is 5.26 Å². The number of rotatable bonds is 2. The third kappa shape index (κ3) is 2.52. The smallest absolute Gasteiger partial charge is 0.101 e. The number of hydrogen-bond donors (Lipinski definition) is 1. The normalized spacial score (nSPS) is 9.89. The van der Waals surface area contributed by atoms with E-state index in [9.17, 15) is 0 Å². The molecule has 2 heteroatoms. The molecule has 0 unspecified atom stereocenters. The maximum atomic E-state index is 9.12. The number of hydrogen-bond acceptors (Lipinski definition) is 2. The van der Waals surface area contributed by atoms with E-state index in [-0.39, 0.29) is 0 Å². The Morgan fingerprint density at radius 1 is 0.889 bits per heavy atom. The van der Waals surface area contributed by atoms with Crippen LogP contribution < -0.4 is 5.32 Å². The van der Waals surface area contributed by atoms with Crippen molar-refractivity contribution >= 4 is 11.4 Å². The first-order valence-corrected chi connectivity index (χ1v) is 5.95. The fraction of sp³-hybridized carbons (Fsp3) is 0.188.